The van der Waals surface area contributed by atoms with Gasteiger partial charge in [0.2, 0.25) is 0 Å². The highest BCUT2D eigenvalue weighted by atomic mass is 16.5. The van der Waals surface area contributed by atoms with Gasteiger partial charge in [-0.25, -0.2) is 0 Å². The Morgan fingerprint density at radius 2 is 2.12 bits per heavy atom. The summed E-state index contributed by atoms with van der Waals surface area (Å²) < 4.78 is 5.17. The van der Waals surface area contributed by atoms with E-state index in [2.05, 4.69) is 17.8 Å². The van der Waals surface area contributed by atoms with Crippen molar-refractivity contribution in [2.45, 2.75) is 13.0 Å². The smallest absolute Gasteiger partial charge is 0.303 e. The molecule has 0 aromatic heterocycles. The Balaban J connectivity index is 2.86. The van der Waals surface area contributed by atoms with E-state index < -0.39 is 6.10 Å². The number of esters is 1. The lowest BCUT2D eigenvalue weighted by Gasteiger charge is -2.12. The molecule has 0 N–H and O–H groups in total. The maximum Gasteiger partial charge on any atom is 0.303 e. The number of benzene rings is 1. The molecule has 0 saturated heterocycles. The summed E-state index contributed by atoms with van der Waals surface area (Å²) >= 11 is 0. The molecular formula is C15H12O2. The second kappa shape index (κ2) is 6.93. The summed E-state index contributed by atoms with van der Waals surface area (Å²) in [6, 6.07) is 9.43. The fourth-order valence-electron chi connectivity index (χ4n) is 1.26. The SMILES string of the molecule is C#CC#C/C=C\C(OC(C)=O)c1ccccc1. The first kappa shape index (κ1) is 12.6. The normalized spacial score (nSPS) is 11.1. The summed E-state index contributed by atoms with van der Waals surface area (Å²) in [5, 5.41) is 0. The monoisotopic (exact) mass is 224 g/mol. The molecule has 0 aliphatic rings. The molecule has 0 heterocycles. The molecule has 1 aromatic carbocycles. The standard InChI is InChI=1S/C15H12O2/c1-3-4-5-9-12-15(17-13(2)16)14-10-7-6-8-11-14/h1,6-12,15H,2H3/b12-9-. The van der Waals surface area contributed by atoms with Gasteiger partial charge < -0.3 is 4.74 Å². The summed E-state index contributed by atoms with van der Waals surface area (Å²) in [5.41, 5.74) is 0.890. The molecule has 0 fully saturated rings. The van der Waals surface area contributed by atoms with Crippen LogP contribution in [0.2, 0.25) is 0 Å². The van der Waals surface area contributed by atoms with Gasteiger partial charge in [-0.15, -0.1) is 6.42 Å². The molecular weight excluding hydrogens is 212 g/mol. The van der Waals surface area contributed by atoms with Crippen molar-refractivity contribution in [2.24, 2.45) is 0 Å². The van der Waals surface area contributed by atoms with Crippen LogP contribution in [0.15, 0.2) is 42.5 Å². The topological polar surface area (TPSA) is 26.3 Å². The molecule has 0 aliphatic heterocycles. The zero-order valence-electron chi connectivity index (χ0n) is 9.51. The average molecular weight is 224 g/mol. The van der Waals surface area contributed by atoms with E-state index in [0.29, 0.717) is 0 Å². The van der Waals surface area contributed by atoms with Crippen molar-refractivity contribution < 1.29 is 9.53 Å². The molecule has 1 rings (SSSR count). The van der Waals surface area contributed by atoms with Gasteiger partial charge >= 0.3 is 5.97 Å². The number of carbonyl (C=O) groups is 1. The summed E-state index contributed by atoms with van der Waals surface area (Å²) in [6.07, 6.45) is 7.84. The minimum absolute atomic E-state index is 0.339. The van der Waals surface area contributed by atoms with Crippen LogP contribution in [0.25, 0.3) is 0 Å². The first-order valence-electron chi connectivity index (χ1n) is 5.09. The number of allylic oxidation sites excluding steroid dienone is 1. The third-order valence-corrected chi connectivity index (χ3v) is 1.92. The Kier molecular flexibility index (Phi) is 5.14. The van der Waals surface area contributed by atoms with Crippen LogP contribution in [0.3, 0.4) is 0 Å². The maximum absolute atomic E-state index is 11.0. The molecule has 0 spiro atoms. The molecule has 0 amide bonds. The van der Waals surface area contributed by atoms with E-state index in [1.165, 1.54) is 6.92 Å². The van der Waals surface area contributed by atoms with Gasteiger partial charge in [0.15, 0.2) is 0 Å². The molecule has 1 unspecified atom stereocenters. The van der Waals surface area contributed by atoms with E-state index in [-0.39, 0.29) is 5.97 Å². The van der Waals surface area contributed by atoms with Crippen molar-refractivity contribution in [1.82, 2.24) is 0 Å². The van der Waals surface area contributed by atoms with Crippen molar-refractivity contribution in [1.29, 1.82) is 0 Å². The molecule has 2 nitrogen and oxygen atoms in total. The van der Waals surface area contributed by atoms with Gasteiger partial charge in [-0.05, 0) is 29.6 Å². The van der Waals surface area contributed by atoms with Gasteiger partial charge in [0, 0.05) is 6.92 Å². The molecule has 84 valence electrons. The van der Waals surface area contributed by atoms with Crippen LogP contribution in [0.1, 0.15) is 18.6 Å². The Bertz CT molecular complexity index is 495. The number of terminal acetylenes is 1. The minimum Gasteiger partial charge on any atom is -0.453 e. The molecule has 1 aromatic rings. The van der Waals surface area contributed by atoms with Crippen molar-refractivity contribution in [3.63, 3.8) is 0 Å². The quantitative estimate of drug-likeness (QED) is 0.582. The van der Waals surface area contributed by atoms with Gasteiger partial charge in [0.1, 0.15) is 6.10 Å². The highest BCUT2D eigenvalue weighted by molar-refractivity contribution is 5.66. The van der Waals surface area contributed by atoms with E-state index in [9.17, 15) is 4.79 Å². The summed E-state index contributed by atoms with van der Waals surface area (Å²) in [7, 11) is 0. The molecule has 0 saturated carbocycles. The lowest BCUT2D eigenvalue weighted by Crippen LogP contribution is -2.05. The molecule has 0 radical (unpaired) electrons. The predicted molar refractivity (Wildman–Crippen MR) is 66.7 cm³/mol. The molecule has 0 aliphatic carbocycles. The lowest BCUT2D eigenvalue weighted by atomic mass is 10.1. The highest BCUT2D eigenvalue weighted by Gasteiger charge is 2.09. The fraction of sp³-hybridized carbons (Fsp3) is 0.133. The van der Waals surface area contributed by atoms with Crippen LogP contribution in [0.5, 0.6) is 0 Å². The Morgan fingerprint density at radius 1 is 1.41 bits per heavy atom. The maximum atomic E-state index is 11.0. The first-order chi connectivity index (χ1) is 8.24. The first-order valence-corrected chi connectivity index (χ1v) is 5.09. The largest absolute Gasteiger partial charge is 0.453 e. The van der Waals surface area contributed by atoms with Crippen LogP contribution in [0, 0.1) is 24.2 Å². The Labute approximate surface area is 101 Å². The van der Waals surface area contributed by atoms with E-state index in [4.69, 9.17) is 11.2 Å². The predicted octanol–water partition coefficient (Wildman–Crippen LogP) is 2.48. The summed E-state index contributed by atoms with van der Waals surface area (Å²) in [6.45, 7) is 1.37. The Morgan fingerprint density at radius 3 is 2.71 bits per heavy atom. The third-order valence-electron chi connectivity index (χ3n) is 1.92. The zero-order chi connectivity index (χ0) is 12.5. The highest BCUT2D eigenvalue weighted by Crippen LogP contribution is 2.18. The van der Waals surface area contributed by atoms with Crippen molar-refractivity contribution in [2.75, 3.05) is 0 Å². The lowest BCUT2D eigenvalue weighted by molar-refractivity contribution is -0.144. The average Bonchev–Trinajstić information content (AvgIpc) is 2.34. The number of hydrogen-bond donors (Lipinski definition) is 0. The minimum atomic E-state index is -0.430. The zero-order valence-corrected chi connectivity index (χ0v) is 9.51. The molecule has 1 atom stereocenters. The number of carbonyl (C=O) groups excluding carboxylic acids is 1. The molecule has 2 heteroatoms. The van der Waals surface area contributed by atoms with Gasteiger partial charge in [0.25, 0.3) is 0 Å². The molecule has 17 heavy (non-hydrogen) atoms. The Hall–Kier alpha value is -2.45. The number of rotatable bonds is 3. The third kappa shape index (κ3) is 4.73. The van der Waals surface area contributed by atoms with Crippen LogP contribution in [-0.4, -0.2) is 5.97 Å². The van der Waals surface area contributed by atoms with Crippen LogP contribution in [0.4, 0.5) is 0 Å². The van der Waals surface area contributed by atoms with E-state index in [0.717, 1.165) is 5.56 Å². The van der Waals surface area contributed by atoms with Gasteiger partial charge in [-0.2, -0.15) is 0 Å². The van der Waals surface area contributed by atoms with Crippen LogP contribution < -0.4 is 0 Å². The van der Waals surface area contributed by atoms with E-state index in [1.807, 2.05) is 30.3 Å². The summed E-state index contributed by atoms with van der Waals surface area (Å²) in [5.74, 6) is 6.97. The van der Waals surface area contributed by atoms with E-state index in [1.54, 1.807) is 12.2 Å². The van der Waals surface area contributed by atoms with Crippen LogP contribution >= 0.6 is 0 Å². The van der Waals surface area contributed by atoms with Gasteiger partial charge in [-0.3, -0.25) is 4.79 Å². The second-order valence-corrected chi connectivity index (χ2v) is 3.21. The number of ether oxygens (including phenoxy) is 1. The molecule has 0 bridgehead atoms. The van der Waals surface area contributed by atoms with Gasteiger partial charge in [-0.1, -0.05) is 36.3 Å². The van der Waals surface area contributed by atoms with Crippen molar-refractivity contribution in [3.8, 4) is 24.2 Å². The second-order valence-electron chi connectivity index (χ2n) is 3.21. The fourth-order valence-corrected chi connectivity index (χ4v) is 1.26. The van der Waals surface area contributed by atoms with Crippen molar-refractivity contribution >= 4 is 5.97 Å². The van der Waals surface area contributed by atoms with Crippen LogP contribution in [-0.2, 0) is 9.53 Å². The summed E-state index contributed by atoms with van der Waals surface area (Å²) in [4.78, 5) is 11.0. The number of hydrogen-bond acceptors (Lipinski definition) is 2. The van der Waals surface area contributed by atoms with E-state index >= 15 is 0 Å². The van der Waals surface area contributed by atoms with Crippen molar-refractivity contribution in [3.05, 3.63) is 48.0 Å². The van der Waals surface area contributed by atoms with Gasteiger partial charge in [0.05, 0.1) is 0 Å².